The number of Topliss-reactive ketones (excluding diaryl/α,β-unsaturated/α-hetero) is 1. The van der Waals surface area contributed by atoms with Crippen LogP contribution in [0.1, 0.15) is 54.8 Å². The third kappa shape index (κ3) is 3.63. The molecule has 3 amide bonds. The molecule has 2 bridgehead atoms. The van der Waals surface area contributed by atoms with E-state index in [1.165, 1.54) is 24.3 Å². The van der Waals surface area contributed by atoms with E-state index in [1.54, 1.807) is 30.3 Å². The summed E-state index contributed by atoms with van der Waals surface area (Å²) in [6.07, 6.45) is 0. The van der Waals surface area contributed by atoms with Crippen LogP contribution in [0.5, 0.6) is 0 Å². The van der Waals surface area contributed by atoms with Crippen molar-refractivity contribution in [3.63, 3.8) is 0 Å². The Kier molecular flexibility index (Phi) is 5.83. The molecule has 0 aromatic heterocycles. The lowest BCUT2D eigenvalue weighted by atomic mass is 9.55. The van der Waals surface area contributed by atoms with Crippen molar-refractivity contribution in [1.29, 1.82) is 0 Å². The van der Waals surface area contributed by atoms with Gasteiger partial charge in [0.2, 0.25) is 0 Å². The van der Waals surface area contributed by atoms with Crippen molar-refractivity contribution in [1.82, 2.24) is 10.0 Å². The monoisotopic (exact) mass is 557 g/mol. The number of nitrogens with zero attached hydrogens (tertiary/aromatic N) is 3. The highest BCUT2D eigenvalue weighted by atomic mass is 16.6. The minimum Gasteiger partial charge on any atom is -0.292 e. The lowest BCUT2D eigenvalue weighted by molar-refractivity contribution is -0.385. The van der Waals surface area contributed by atoms with Crippen molar-refractivity contribution in [2.75, 3.05) is 6.54 Å². The van der Waals surface area contributed by atoms with Crippen LogP contribution in [-0.4, -0.2) is 45.0 Å². The smallest absolute Gasteiger partial charge is 0.282 e. The minimum atomic E-state index is -0.977. The van der Waals surface area contributed by atoms with Crippen LogP contribution in [0.2, 0.25) is 0 Å². The van der Waals surface area contributed by atoms with Crippen molar-refractivity contribution < 1.29 is 24.1 Å². The number of hydrazine groups is 1. The Hall–Kier alpha value is -5.44. The van der Waals surface area contributed by atoms with E-state index >= 15 is 0 Å². The van der Waals surface area contributed by atoms with Crippen molar-refractivity contribution in [3.8, 4) is 0 Å². The molecule has 0 saturated carbocycles. The van der Waals surface area contributed by atoms with Gasteiger partial charge in [-0.3, -0.25) is 29.3 Å². The highest BCUT2D eigenvalue weighted by Gasteiger charge is 2.63. The molecule has 0 unspecified atom stereocenters. The molecular formula is C33H23N3O6. The molecule has 0 radical (unpaired) electrons. The van der Waals surface area contributed by atoms with Gasteiger partial charge in [-0.25, -0.2) is 5.01 Å². The summed E-state index contributed by atoms with van der Waals surface area (Å²) in [6.45, 7) is -0.652. The van der Waals surface area contributed by atoms with Crippen molar-refractivity contribution >= 4 is 29.2 Å². The predicted octanol–water partition coefficient (Wildman–Crippen LogP) is 4.73. The van der Waals surface area contributed by atoms with Crippen molar-refractivity contribution in [2.45, 2.75) is 11.8 Å². The van der Waals surface area contributed by atoms with E-state index in [4.69, 9.17) is 0 Å². The van der Waals surface area contributed by atoms with E-state index < -0.39 is 64.3 Å². The number of hydrogen-bond acceptors (Lipinski definition) is 6. The number of amides is 3. The second-order valence-electron chi connectivity index (χ2n) is 10.7. The van der Waals surface area contributed by atoms with E-state index in [0.717, 1.165) is 32.3 Å². The fourth-order valence-electron chi connectivity index (χ4n) is 6.94. The van der Waals surface area contributed by atoms with Crippen molar-refractivity contribution in [3.05, 3.63) is 147 Å². The molecule has 1 aliphatic heterocycles. The van der Waals surface area contributed by atoms with Gasteiger partial charge in [-0.2, -0.15) is 5.01 Å². The molecule has 4 aromatic rings. The van der Waals surface area contributed by atoms with Gasteiger partial charge in [0, 0.05) is 23.5 Å². The molecule has 4 aliphatic rings. The van der Waals surface area contributed by atoms with Gasteiger partial charge < -0.3 is 0 Å². The SMILES string of the molecule is O=C(CN(C(=O)c1ccccc1[N+](=O)[O-])N1C(=O)[C@@H]2C3c4ccccc4C(c4ccccc43)[C@H]2C1=O)c1ccccc1. The van der Waals surface area contributed by atoms with Gasteiger partial charge in [-0.1, -0.05) is 91.0 Å². The second-order valence-corrected chi connectivity index (χ2v) is 10.7. The summed E-state index contributed by atoms with van der Waals surface area (Å²) in [6, 6.07) is 29.0. The van der Waals surface area contributed by atoms with Crippen LogP contribution in [-0.2, 0) is 9.59 Å². The number of carbonyl (C=O) groups is 4. The molecule has 4 aromatic carbocycles. The summed E-state index contributed by atoms with van der Waals surface area (Å²) in [5, 5.41) is 13.4. The molecule has 1 saturated heterocycles. The molecular weight excluding hydrogens is 534 g/mol. The van der Waals surface area contributed by atoms with Crippen LogP contribution < -0.4 is 0 Å². The highest BCUT2D eigenvalue weighted by molar-refractivity contribution is 6.11. The zero-order valence-electron chi connectivity index (χ0n) is 22.1. The molecule has 1 fully saturated rings. The zero-order valence-corrected chi connectivity index (χ0v) is 22.1. The molecule has 1 heterocycles. The van der Waals surface area contributed by atoms with E-state index in [-0.39, 0.29) is 11.1 Å². The first-order valence-electron chi connectivity index (χ1n) is 13.6. The van der Waals surface area contributed by atoms with Crippen LogP contribution >= 0.6 is 0 Å². The third-order valence-electron chi connectivity index (χ3n) is 8.62. The Balaban J connectivity index is 1.36. The third-order valence-corrected chi connectivity index (χ3v) is 8.62. The van der Waals surface area contributed by atoms with Gasteiger partial charge in [0.25, 0.3) is 23.4 Å². The minimum absolute atomic E-state index is 0.272. The Labute approximate surface area is 240 Å². The summed E-state index contributed by atoms with van der Waals surface area (Å²) >= 11 is 0. The number of para-hydroxylation sites is 1. The zero-order chi connectivity index (χ0) is 29.1. The second kappa shape index (κ2) is 9.59. The first kappa shape index (κ1) is 25.5. The van der Waals surface area contributed by atoms with Gasteiger partial charge >= 0.3 is 0 Å². The van der Waals surface area contributed by atoms with E-state index in [9.17, 15) is 29.3 Å². The molecule has 9 nitrogen and oxygen atoms in total. The lowest BCUT2D eigenvalue weighted by Crippen LogP contribution is -2.52. The summed E-state index contributed by atoms with van der Waals surface area (Å²) in [4.78, 5) is 67.3. The molecule has 2 atom stereocenters. The number of hydrogen-bond donors (Lipinski definition) is 0. The summed E-state index contributed by atoms with van der Waals surface area (Å²) in [5.41, 5.74) is 3.30. The molecule has 3 aliphatic carbocycles. The quantitative estimate of drug-likeness (QED) is 0.146. The van der Waals surface area contributed by atoms with Crippen LogP contribution in [0.3, 0.4) is 0 Å². The van der Waals surface area contributed by atoms with Crippen molar-refractivity contribution in [2.24, 2.45) is 11.8 Å². The predicted molar refractivity (Wildman–Crippen MR) is 150 cm³/mol. The standard InChI is InChI=1S/C33H23N3O6/c37-26(19-10-2-1-3-11-19)18-34(31(38)24-16-8-9-17-25(24)36(41)42)35-32(39)29-27-20-12-4-5-13-21(20)28(30(29)33(35)40)23-15-7-6-14-22(23)27/h1-17,27-30H,18H2/t27?,28?,29-,30-/m1/s1. The maximum Gasteiger partial charge on any atom is 0.282 e. The topological polar surface area (TPSA) is 118 Å². The van der Waals surface area contributed by atoms with E-state index in [0.29, 0.717) is 0 Å². The van der Waals surface area contributed by atoms with Gasteiger partial charge in [0.05, 0.1) is 16.8 Å². The molecule has 0 N–H and O–H groups in total. The average Bonchev–Trinajstić information content (AvgIpc) is 3.29. The number of benzene rings is 4. The Morgan fingerprint density at radius 2 is 1.14 bits per heavy atom. The largest absolute Gasteiger partial charge is 0.292 e. The maximum absolute atomic E-state index is 14.3. The highest BCUT2D eigenvalue weighted by Crippen LogP contribution is 2.61. The Bertz CT molecular complexity index is 1700. The number of nitro groups is 1. The van der Waals surface area contributed by atoms with Crippen LogP contribution in [0, 0.1) is 22.0 Å². The number of carbonyl (C=O) groups excluding carboxylic acids is 4. The number of ketones is 1. The molecule has 42 heavy (non-hydrogen) atoms. The Morgan fingerprint density at radius 3 is 1.64 bits per heavy atom. The Morgan fingerprint density at radius 1 is 0.690 bits per heavy atom. The fourth-order valence-corrected chi connectivity index (χ4v) is 6.94. The molecule has 0 spiro atoms. The van der Waals surface area contributed by atoms with Crippen LogP contribution in [0.15, 0.2) is 103 Å². The summed E-state index contributed by atoms with van der Waals surface area (Å²) < 4.78 is 0. The van der Waals surface area contributed by atoms with Gasteiger partial charge in [-0.15, -0.1) is 0 Å². The number of rotatable bonds is 6. The number of imide groups is 1. The normalized spacial score (nSPS) is 21.4. The fraction of sp³-hybridized carbons (Fsp3) is 0.152. The molecule has 206 valence electrons. The van der Waals surface area contributed by atoms with Crippen LogP contribution in [0.4, 0.5) is 5.69 Å². The first-order valence-corrected chi connectivity index (χ1v) is 13.6. The van der Waals surface area contributed by atoms with Gasteiger partial charge in [0.15, 0.2) is 5.78 Å². The maximum atomic E-state index is 14.3. The summed E-state index contributed by atoms with van der Waals surface area (Å²) in [7, 11) is 0. The summed E-state index contributed by atoms with van der Waals surface area (Å²) in [5.74, 6) is -5.11. The van der Waals surface area contributed by atoms with Gasteiger partial charge in [-0.05, 0) is 28.3 Å². The van der Waals surface area contributed by atoms with Crippen LogP contribution in [0.25, 0.3) is 0 Å². The van der Waals surface area contributed by atoms with E-state index in [1.807, 2.05) is 48.5 Å². The van der Waals surface area contributed by atoms with E-state index in [2.05, 4.69) is 0 Å². The molecule has 8 rings (SSSR count). The molecule has 9 heteroatoms. The first-order chi connectivity index (χ1) is 20.4. The van der Waals surface area contributed by atoms with Gasteiger partial charge in [0.1, 0.15) is 12.1 Å². The number of nitro benzene ring substituents is 1. The average molecular weight is 558 g/mol. The lowest BCUT2D eigenvalue weighted by Gasteiger charge is -2.45.